The Balaban J connectivity index is 1.91. The monoisotopic (exact) mass is 363 g/mol. The molecule has 2 rings (SSSR count). The molecule has 0 aromatic rings. The van der Waals surface area contributed by atoms with Gasteiger partial charge in [0.05, 0.1) is 6.04 Å². The van der Waals surface area contributed by atoms with Crippen LogP contribution in [0.25, 0.3) is 0 Å². The van der Waals surface area contributed by atoms with Crippen molar-refractivity contribution in [3.05, 3.63) is 23.0 Å². The molecule has 6 heteroatoms. The first-order valence-electron chi connectivity index (χ1n) is 9.18. The standard InChI is InChI=1S/C19H30ClN5/c1-22-18(10-14-8-9-14)15(12-21)11-16(20)13-24-19(23-2)25-17-6-4-3-5-7-17/h12-14,17H,2-11,21H2,1H3,(H,24,25)/b15-12-,16-13+,22-18?. The molecule has 0 spiro atoms. The van der Waals surface area contributed by atoms with Gasteiger partial charge in [-0.2, -0.15) is 0 Å². The van der Waals surface area contributed by atoms with Crippen molar-refractivity contribution in [3.8, 4) is 0 Å². The van der Waals surface area contributed by atoms with Crippen molar-refractivity contribution < 1.29 is 0 Å². The topological polar surface area (TPSA) is 75.1 Å². The number of hydrogen-bond acceptors (Lipinski definition) is 3. The molecule has 2 fully saturated rings. The van der Waals surface area contributed by atoms with E-state index in [-0.39, 0.29) is 0 Å². The Bertz CT molecular complexity index is 566. The van der Waals surface area contributed by atoms with E-state index >= 15 is 0 Å². The zero-order valence-electron chi connectivity index (χ0n) is 15.2. The summed E-state index contributed by atoms with van der Waals surface area (Å²) in [6.07, 6.45) is 13.5. The summed E-state index contributed by atoms with van der Waals surface area (Å²) in [5.74, 6) is 1.29. The average molecular weight is 364 g/mol. The zero-order chi connectivity index (χ0) is 18.1. The maximum atomic E-state index is 6.38. The Morgan fingerprint density at radius 1 is 1.24 bits per heavy atom. The molecule has 0 aromatic heterocycles. The highest BCUT2D eigenvalue weighted by atomic mass is 35.5. The minimum absolute atomic E-state index is 0.339. The molecule has 0 aromatic carbocycles. The lowest BCUT2D eigenvalue weighted by Gasteiger charge is -2.18. The number of aliphatic imine (C=N–C) groups is 3. The fourth-order valence-corrected chi connectivity index (χ4v) is 3.30. The maximum Gasteiger partial charge on any atom is 0.221 e. The van der Waals surface area contributed by atoms with Crippen LogP contribution in [-0.2, 0) is 0 Å². The fraction of sp³-hybridized carbons (Fsp3) is 0.632. The molecule has 0 saturated heterocycles. The third kappa shape index (κ3) is 7.02. The van der Waals surface area contributed by atoms with Crippen LogP contribution in [-0.4, -0.2) is 31.5 Å². The molecule has 0 radical (unpaired) electrons. The SMILES string of the molecule is C=NC(=NC1CCCCC1)N/C=C(/Cl)C/C(=C/N)C(CC1CC1)=NC. The van der Waals surface area contributed by atoms with E-state index in [9.17, 15) is 0 Å². The van der Waals surface area contributed by atoms with Gasteiger partial charge in [0, 0.05) is 30.4 Å². The Kier molecular flexibility index (Phi) is 8.19. The van der Waals surface area contributed by atoms with E-state index < -0.39 is 0 Å². The second-order valence-electron chi connectivity index (χ2n) is 6.82. The molecular weight excluding hydrogens is 334 g/mol. The van der Waals surface area contributed by atoms with Gasteiger partial charge in [-0.05, 0) is 56.5 Å². The Labute approximate surface area is 156 Å². The predicted molar refractivity (Wildman–Crippen MR) is 109 cm³/mol. The van der Waals surface area contributed by atoms with Gasteiger partial charge in [-0.25, -0.2) is 9.98 Å². The number of allylic oxidation sites excluding steroid dienone is 2. The van der Waals surface area contributed by atoms with Gasteiger partial charge in [0.15, 0.2) is 0 Å². The summed E-state index contributed by atoms with van der Waals surface area (Å²) in [6.45, 7) is 3.60. The van der Waals surface area contributed by atoms with Crippen LogP contribution < -0.4 is 11.1 Å². The third-order valence-corrected chi connectivity index (χ3v) is 5.01. The van der Waals surface area contributed by atoms with E-state index in [1.54, 1.807) is 12.4 Å². The lowest BCUT2D eigenvalue weighted by atomic mass is 9.96. The minimum atomic E-state index is 0.339. The van der Waals surface area contributed by atoms with Crippen molar-refractivity contribution in [3.63, 3.8) is 0 Å². The Morgan fingerprint density at radius 2 is 1.96 bits per heavy atom. The molecule has 2 aliphatic carbocycles. The fourth-order valence-electron chi connectivity index (χ4n) is 3.10. The molecule has 0 heterocycles. The molecule has 2 saturated carbocycles. The van der Waals surface area contributed by atoms with Crippen LogP contribution >= 0.6 is 11.6 Å². The van der Waals surface area contributed by atoms with Gasteiger partial charge in [-0.15, -0.1) is 0 Å². The minimum Gasteiger partial charge on any atom is -0.404 e. The number of nitrogens with zero attached hydrogens (tertiary/aromatic N) is 3. The van der Waals surface area contributed by atoms with E-state index in [0.29, 0.717) is 23.5 Å². The molecular formula is C19H30ClN5. The van der Waals surface area contributed by atoms with E-state index in [4.69, 9.17) is 17.3 Å². The van der Waals surface area contributed by atoms with Gasteiger partial charge in [0.1, 0.15) is 0 Å². The van der Waals surface area contributed by atoms with Crippen LogP contribution in [0.3, 0.4) is 0 Å². The van der Waals surface area contributed by atoms with Crippen LogP contribution in [0.2, 0.25) is 0 Å². The van der Waals surface area contributed by atoms with Crippen LogP contribution in [0.5, 0.6) is 0 Å². The molecule has 5 nitrogen and oxygen atoms in total. The number of hydrogen-bond donors (Lipinski definition) is 2. The van der Waals surface area contributed by atoms with Crippen molar-refractivity contribution in [2.45, 2.75) is 63.8 Å². The second-order valence-corrected chi connectivity index (χ2v) is 7.31. The number of nitrogens with one attached hydrogen (secondary N) is 1. The summed E-state index contributed by atoms with van der Waals surface area (Å²) in [5.41, 5.74) is 7.83. The van der Waals surface area contributed by atoms with Crippen molar-refractivity contribution in [1.82, 2.24) is 5.32 Å². The summed E-state index contributed by atoms with van der Waals surface area (Å²) < 4.78 is 0. The van der Waals surface area contributed by atoms with E-state index in [0.717, 1.165) is 36.5 Å². The second kappa shape index (κ2) is 10.4. The summed E-state index contributed by atoms with van der Waals surface area (Å²) in [4.78, 5) is 13.0. The highest BCUT2D eigenvalue weighted by Crippen LogP contribution is 2.34. The van der Waals surface area contributed by atoms with Crippen molar-refractivity contribution in [2.75, 3.05) is 7.05 Å². The van der Waals surface area contributed by atoms with Gasteiger partial charge in [0.25, 0.3) is 0 Å². The van der Waals surface area contributed by atoms with Crippen molar-refractivity contribution in [2.24, 2.45) is 26.6 Å². The number of halogens is 1. The summed E-state index contributed by atoms with van der Waals surface area (Å²) in [7, 11) is 1.81. The molecule has 0 aliphatic heterocycles. The molecule has 0 bridgehead atoms. The zero-order valence-corrected chi connectivity index (χ0v) is 15.9. The molecule has 0 unspecified atom stereocenters. The van der Waals surface area contributed by atoms with Crippen LogP contribution in [0.15, 0.2) is 38.0 Å². The average Bonchev–Trinajstić information content (AvgIpc) is 3.46. The molecule has 0 atom stereocenters. The van der Waals surface area contributed by atoms with Crippen molar-refractivity contribution in [1.29, 1.82) is 0 Å². The quantitative estimate of drug-likeness (QED) is 0.526. The highest BCUT2D eigenvalue weighted by molar-refractivity contribution is 6.30. The Morgan fingerprint density at radius 3 is 2.52 bits per heavy atom. The lowest BCUT2D eigenvalue weighted by molar-refractivity contribution is 0.442. The number of guanidine groups is 1. The van der Waals surface area contributed by atoms with Crippen LogP contribution in [0.1, 0.15) is 57.8 Å². The normalized spacial score (nSPS) is 21.4. The predicted octanol–water partition coefficient (Wildman–Crippen LogP) is 4.15. The van der Waals surface area contributed by atoms with Gasteiger partial charge in [0.2, 0.25) is 5.96 Å². The third-order valence-electron chi connectivity index (χ3n) is 4.77. The van der Waals surface area contributed by atoms with E-state index in [1.165, 1.54) is 32.1 Å². The Hall–Kier alpha value is -1.62. The first kappa shape index (κ1) is 19.7. The lowest BCUT2D eigenvalue weighted by Crippen LogP contribution is -2.20. The molecule has 0 amide bonds. The maximum absolute atomic E-state index is 6.38. The van der Waals surface area contributed by atoms with Crippen molar-refractivity contribution >= 4 is 30.0 Å². The largest absolute Gasteiger partial charge is 0.404 e. The molecule has 3 N–H and O–H groups in total. The molecule has 25 heavy (non-hydrogen) atoms. The summed E-state index contributed by atoms with van der Waals surface area (Å²) in [6, 6.07) is 0.339. The van der Waals surface area contributed by atoms with E-state index in [2.05, 4.69) is 27.0 Å². The number of rotatable bonds is 7. The first-order chi connectivity index (χ1) is 12.2. The first-order valence-corrected chi connectivity index (χ1v) is 9.56. The van der Waals surface area contributed by atoms with Gasteiger partial charge >= 0.3 is 0 Å². The summed E-state index contributed by atoms with van der Waals surface area (Å²) in [5, 5.41) is 3.72. The highest BCUT2D eigenvalue weighted by Gasteiger charge is 2.24. The van der Waals surface area contributed by atoms with Gasteiger partial charge in [-0.1, -0.05) is 30.9 Å². The smallest absolute Gasteiger partial charge is 0.221 e. The van der Waals surface area contributed by atoms with E-state index in [1.807, 2.05) is 7.05 Å². The van der Waals surface area contributed by atoms with Gasteiger partial charge in [-0.3, -0.25) is 4.99 Å². The summed E-state index contributed by atoms with van der Waals surface area (Å²) >= 11 is 6.38. The number of nitrogens with two attached hydrogens (primary N) is 1. The van der Waals surface area contributed by atoms with Crippen LogP contribution in [0.4, 0.5) is 0 Å². The van der Waals surface area contributed by atoms with Crippen LogP contribution in [0, 0.1) is 5.92 Å². The van der Waals surface area contributed by atoms with Gasteiger partial charge < -0.3 is 11.1 Å². The molecule has 2 aliphatic rings. The molecule has 138 valence electrons.